The van der Waals surface area contributed by atoms with Crippen LogP contribution in [0.15, 0.2) is 23.3 Å². The molecule has 3 rings (SSSR count). The minimum atomic E-state index is -0.0347. The molecule has 0 spiro atoms. The van der Waals surface area contributed by atoms with Gasteiger partial charge in [-0.25, -0.2) is 0 Å². The van der Waals surface area contributed by atoms with E-state index in [1.807, 2.05) is 0 Å². The van der Waals surface area contributed by atoms with Crippen molar-refractivity contribution >= 4 is 11.8 Å². The third-order valence-corrected chi connectivity index (χ3v) is 4.78. The van der Waals surface area contributed by atoms with Gasteiger partial charge >= 0.3 is 0 Å². The standard InChI is InChI=1S/C18H22N2O2/c1-2-9-19-10-5-3-4-6-11-20-17(21)15-13-7-8-14(12-13)16(15)18(20)22/h1,7-8,13-14,19H,3-6,9-12H2/t13-,14+. The maximum atomic E-state index is 12.4. The molecule has 1 heterocycles. The van der Waals surface area contributed by atoms with E-state index in [2.05, 4.69) is 23.4 Å². The van der Waals surface area contributed by atoms with Crippen LogP contribution in [0.4, 0.5) is 0 Å². The Labute approximate surface area is 131 Å². The monoisotopic (exact) mass is 298 g/mol. The van der Waals surface area contributed by atoms with Crippen LogP contribution in [0.3, 0.4) is 0 Å². The fourth-order valence-electron chi connectivity index (χ4n) is 3.69. The number of terminal acetylenes is 1. The van der Waals surface area contributed by atoms with E-state index in [4.69, 9.17) is 6.42 Å². The minimum Gasteiger partial charge on any atom is -0.306 e. The summed E-state index contributed by atoms with van der Waals surface area (Å²) >= 11 is 0. The molecule has 1 aliphatic heterocycles. The number of rotatable bonds is 8. The van der Waals surface area contributed by atoms with E-state index in [0.29, 0.717) is 13.1 Å². The molecule has 0 radical (unpaired) electrons. The Morgan fingerprint density at radius 1 is 1.09 bits per heavy atom. The zero-order chi connectivity index (χ0) is 15.5. The molecule has 2 bridgehead atoms. The number of imide groups is 1. The second-order valence-electron chi connectivity index (χ2n) is 6.22. The summed E-state index contributed by atoms with van der Waals surface area (Å²) in [7, 11) is 0. The van der Waals surface area contributed by atoms with Crippen LogP contribution in [0.25, 0.3) is 0 Å². The Kier molecular flexibility index (Phi) is 4.44. The number of carbonyl (C=O) groups is 2. The number of carbonyl (C=O) groups excluding carboxylic acids is 2. The summed E-state index contributed by atoms with van der Waals surface area (Å²) in [4.78, 5) is 26.3. The molecule has 0 unspecified atom stereocenters. The number of fused-ring (bicyclic) bond motifs is 4. The van der Waals surface area contributed by atoms with Gasteiger partial charge in [0.1, 0.15) is 0 Å². The molecule has 0 aromatic rings. The number of likely N-dealkylation sites (tertiary alicyclic amines) is 1. The molecular weight excluding hydrogens is 276 g/mol. The van der Waals surface area contributed by atoms with Crippen LogP contribution >= 0.6 is 0 Å². The molecule has 1 N–H and O–H groups in total. The number of hydrogen-bond acceptors (Lipinski definition) is 3. The van der Waals surface area contributed by atoms with Crippen molar-refractivity contribution in [2.45, 2.75) is 32.1 Å². The van der Waals surface area contributed by atoms with Crippen molar-refractivity contribution in [3.8, 4) is 12.3 Å². The number of unbranched alkanes of at least 4 members (excludes halogenated alkanes) is 3. The van der Waals surface area contributed by atoms with E-state index in [-0.39, 0.29) is 23.7 Å². The van der Waals surface area contributed by atoms with Gasteiger partial charge in [-0.3, -0.25) is 14.5 Å². The van der Waals surface area contributed by atoms with Crippen LogP contribution in [0.2, 0.25) is 0 Å². The molecule has 3 aliphatic rings. The van der Waals surface area contributed by atoms with Crippen molar-refractivity contribution in [2.75, 3.05) is 19.6 Å². The van der Waals surface area contributed by atoms with E-state index in [0.717, 1.165) is 49.8 Å². The van der Waals surface area contributed by atoms with Gasteiger partial charge in [0.2, 0.25) is 0 Å². The molecule has 0 saturated heterocycles. The van der Waals surface area contributed by atoms with Crippen LogP contribution in [-0.2, 0) is 9.59 Å². The highest BCUT2D eigenvalue weighted by molar-refractivity contribution is 6.21. The third-order valence-electron chi connectivity index (χ3n) is 4.78. The van der Waals surface area contributed by atoms with Gasteiger partial charge in [0.05, 0.1) is 6.54 Å². The van der Waals surface area contributed by atoms with Crippen LogP contribution in [0, 0.1) is 24.2 Å². The Balaban J connectivity index is 1.39. The van der Waals surface area contributed by atoms with E-state index in [9.17, 15) is 9.59 Å². The van der Waals surface area contributed by atoms with Crippen LogP contribution in [0.1, 0.15) is 32.1 Å². The summed E-state index contributed by atoms with van der Waals surface area (Å²) in [5.74, 6) is 2.87. The van der Waals surface area contributed by atoms with Crippen molar-refractivity contribution in [1.82, 2.24) is 10.2 Å². The van der Waals surface area contributed by atoms with Gasteiger partial charge in [-0.05, 0) is 25.8 Å². The molecule has 4 heteroatoms. The lowest BCUT2D eigenvalue weighted by Crippen LogP contribution is -2.34. The minimum absolute atomic E-state index is 0.0347. The van der Waals surface area contributed by atoms with Gasteiger partial charge in [-0.1, -0.05) is 30.9 Å². The number of allylic oxidation sites excluding steroid dienone is 2. The fourth-order valence-corrected chi connectivity index (χ4v) is 3.69. The predicted octanol–water partition coefficient (Wildman–Crippen LogP) is 1.64. The first kappa shape index (κ1) is 15.1. The molecule has 2 amide bonds. The molecule has 116 valence electrons. The van der Waals surface area contributed by atoms with Gasteiger partial charge in [0.25, 0.3) is 11.8 Å². The van der Waals surface area contributed by atoms with Crippen molar-refractivity contribution in [2.24, 2.45) is 11.8 Å². The molecule has 0 saturated carbocycles. The SMILES string of the molecule is C#CCNCCCCCCN1C(=O)C2=C(C1=O)[C@H]1C=C[C@@H]2C1. The predicted molar refractivity (Wildman–Crippen MR) is 84.7 cm³/mol. The topological polar surface area (TPSA) is 49.4 Å². The lowest BCUT2D eigenvalue weighted by atomic mass is 9.99. The van der Waals surface area contributed by atoms with Crippen molar-refractivity contribution < 1.29 is 9.59 Å². The Hall–Kier alpha value is -1.86. The first-order valence-electron chi connectivity index (χ1n) is 8.16. The van der Waals surface area contributed by atoms with Gasteiger partial charge in [-0.15, -0.1) is 6.42 Å². The molecule has 4 nitrogen and oxygen atoms in total. The molecule has 0 fully saturated rings. The van der Waals surface area contributed by atoms with Gasteiger partial charge in [-0.2, -0.15) is 0 Å². The van der Waals surface area contributed by atoms with E-state index in [1.54, 1.807) is 0 Å². The smallest absolute Gasteiger partial charge is 0.257 e. The van der Waals surface area contributed by atoms with E-state index in [1.165, 1.54) is 4.90 Å². The maximum Gasteiger partial charge on any atom is 0.257 e. The zero-order valence-corrected chi connectivity index (χ0v) is 12.8. The van der Waals surface area contributed by atoms with Gasteiger partial charge < -0.3 is 5.32 Å². The largest absolute Gasteiger partial charge is 0.306 e. The first-order valence-corrected chi connectivity index (χ1v) is 8.16. The average molecular weight is 298 g/mol. The summed E-state index contributed by atoms with van der Waals surface area (Å²) in [6.07, 6.45) is 14.3. The number of nitrogens with zero attached hydrogens (tertiary/aromatic N) is 1. The first-order chi connectivity index (χ1) is 10.7. The van der Waals surface area contributed by atoms with Crippen LogP contribution < -0.4 is 5.32 Å². The highest BCUT2D eigenvalue weighted by atomic mass is 16.2. The van der Waals surface area contributed by atoms with Gasteiger partial charge in [0.15, 0.2) is 0 Å². The average Bonchev–Trinajstić information content (AvgIpc) is 3.18. The summed E-state index contributed by atoms with van der Waals surface area (Å²) in [6.45, 7) is 2.10. The quantitative estimate of drug-likeness (QED) is 0.321. The Morgan fingerprint density at radius 2 is 1.73 bits per heavy atom. The van der Waals surface area contributed by atoms with Crippen LogP contribution in [-0.4, -0.2) is 36.3 Å². The fraction of sp³-hybridized carbons (Fsp3) is 0.556. The molecule has 2 atom stereocenters. The highest BCUT2D eigenvalue weighted by Crippen LogP contribution is 2.48. The molecule has 0 aromatic heterocycles. The molecule has 0 aromatic carbocycles. The summed E-state index contributed by atoms with van der Waals surface area (Å²) in [5.41, 5.74) is 1.58. The van der Waals surface area contributed by atoms with Crippen molar-refractivity contribution in [3.63, 3.8) is 0 Å². The number of nitrogens with one attached hydrogen (secondary N) is 1. The molecule has 22 heavy (non-hydrogen) atoms. The number of hydrogen-bond donors (Lipinski definition) is 1. The van der Waals surface area contributed by atoms with Gasteiger partial charge in [0, 0.05) is 29.5 Å². The second-order valence-corrected chi connectivity index (χ2v) is 6.22. The van der Waals surface area contributed by atoms with E-state index >= 15 is 0 Å². The Bertz CT molecular complexity index is 548. The summed E-state index contributed by atoms with van der Waals surface area (Å²) < 4.78 is 0. The third kappa shape index (κ3) is 2.62. The zero-order valence-electron chi connectivity index (χ0n) is 12.8. The number of amides is 2. The summed E-state index contributed by atoms with van der Waals surface area (Å²) in [5, 5.41) is 3.16. The maximum absolute atomic E-state index is 12.4. The summed E-state index contributed by atoms with van der Waals surface area (Å²) in [6, 6.07) is 0. The second kappa shape index (κ2) is 6.50. The lowest BCUT2D eigenvalue weighted by molar-refractivity contribution is -0.138. The molecular formula is C18H22N2O2. The Morgan fingerprint density at radius 3 is 2.36 bits per heavy atom. The highest BCUT2D eigenvalue weighted by Gasteiger charge is 2.49. The van der Waals surface area contributed by atoms with E-state index < -0.39 is 0 Å². The van der Waals surface area contributed by atoms with Crippen molar-refractivity contribution in [3.05, 3.63) is 23.3 Å². The normalized spacial score (nSPS) is 25.3. The molecule has 2 aliphatic carbocycles. The lowest BCUT2D eigenvalue weighted by Gasteiger charge is -2.17. The van der Waals surface area contributed by atoms with Crippen molar-refractivity contribution in [1.29, 1.82) is 0 Å². The van der Waals surface area contributed by atoms with Crippen LogP contribution in [0.5, 0.6) is 0 Å².